The molecule has 4 aliphatic rings. The van der Waals surface area contributed by atoms with Gasteiger partial charge >= 0.3 is 0 Å². The van der Waals surface area contributed by atoms with Gasteiger partial charge in [0.25, 0.3) is 13.4 Å². The van der Waals surface area contributed by atoms with E-state index >= 15 is 0 Å². The fourth-order valence-corrected chi connectivity index (χ4v) is 20.0. The van der Waals surface area contributed by atoms with Crippen molar-refractivity contribution < 1.29 is 4.74 Å². The van der Waals surface area contributed by atoms with Gasteiger partial charge in [0.15, 0.2) is 0 Å². The van der Waals surface area contributed by atoms with Gasteiger partial charge in [-0.3, -0.25) is 0 Å². The van der Waals surface area contributed by atoms with Gasteiger partial charge in [-0.2, -0.15) is 0 Å². The number of thiophene rings is 2. The normalized spacial score (nSPS) is 12.9. The highest BCUT2D eigenvalue weighted by atomic mass is 32.1. The summed E-state index contributed by atoms with van der Waals surface area (Å²) in [5, 5.41) is 4.94. The monoisotopic (exact) mass is 1390 g/mol. The van der Waals surface area contributed by atoms with Crippen molar-refractivity contribution in [2.24, 2.45) is 0 Å². The van der Waals surface area contributed by atoms with Gasteiger partial charge in [-0.1, -0.05) is 243 Å². The molecule has 4 aliphatic heterocycles. The van der Waals surface area contributed by atoms with E-state index in [1.165, 1.54) is 62.2 Å². The van der Waals surface area contributed by atoms with E-state index in [-0.39, 0.29) is 13.4 Å². The largest absolute Gasteiger partial charge is 0.458 e. The molecule has 0 bridgehead atoms. The number of hydrogen-bond acceptors (Lipinski definition) is 8. The van der Waals surface area contributed by atoms with Crippen LogP contribution in [0.1, 0.15) is 0 Å². The fourth-order valence-electron chi connectivity index (χ4n) is 17.7. The van der Waals surface area contributed by atoms with Crippen molar-refractivity contribution in [3.8, 4) is 33.8 Å². The average Bonchev–Trinajstić information content (AvgIpc) is 0.750. The first-order chi connectivity index (χ1) is 52.6. The highest BCUT2D eigenvalue weighted by molar-refractivity contribution is 7.26. The number of benzene rings is 16. The summed E-state index contributed by atoms with van der Waals surface area (Å²) in [5.74, 6) is 1.61. The van der Waals surface area contributed by atoms with Crippen molar-refractivity contribution in [3.63, 3.8) is 0 Å². The van der Waals surface area contributed by atoms with Gasteiger partial charge in [0.05, 0.1) is 28.4 Å². The Kier molecular flexibility index (Phi) is 13.8. The van der Waals surface area contributed by atoms with Gasteiger partial charge in [-0.25, -0.2) is 0 Å². The summed E-state index contributed by atoms with van der Waals surface area (Å²) in [6, 6.07) is 137. The average molecular weight is 1390 g/mol. The number of nitrogens with zero attached hydrogens (tertiary/aromatic N) is 5. The molecule has 0 unspecified atom stereocenters. The third kappa shape index (κ3) is 9.31. The van der Waals surface area contributed by atoms with E-state index in [0.717, 1.165) is 130 Å². The number of rotatable bonds is 11. The molecule has 0 saturated heterocycles. The molecular formula is C96H61B2N5OS2. The second kappa shape index (κ2) is 24.3. The van der Waals surface area contributed by atoms with Crippen LogP contribution >= 0.6 is 22.7 Å². The molecule has 0 atom stereocenters. The Morgan fingerprint density at radius 1 is 0.264 bits per heavy atom. The van der Waals surface area contributed by atoms with Crippen molar-refractivity contribution in [2.75, 3.05) is 24.5 Å². The van der Waals surface area contributed by atoms with Crippen LogP contribution in [0.15, 0.2) is 370 Å². The second-order valence-corrected chi connectivity index (χ2v) is 29.9. The Morgan fingerprint density at radius 2 is 0.708 bits per heavy atom. The molecule has 22 rings (SSSR count). The smallest absolute Gasteiger partial charge is 0.256 e. The van der Waals surface area contributed by atoms with Crippen LogP contribution in [0.5, 0.6) is 11.5 Å². The van der Waals surface area contributed by atoms with Gasteiger partial charge in [0.1, 0.15) is 11.5 Å². The third-order valence-corrected chi connectivity index (χ3v) is 24.3. The Bertz CT molecular complexity index is 6460. The maximum absolute atomic E-state index is 8.10. The zero-order valence-corrected chi connectivity index (χ0v) is 59.0. The maximum atomic E-state index is 8.10. The predicted molar refractivity (Wildman–Crippen MR) is 452 cm³/mol. The van der Waals surface area contributed by atoms with Crippen molar-refractivity contribution in [3.05, 3.63) is 370 Å². The van der Waals surface area contributed by atoms with Crippen molar-refractivity contribution in [2.45, 2.75) is 0 Å². The van der Waals surface area contributed by atoms with E-state index < -0.39 is 0 Å². The molecule has 0 saturated carbocycles. The predicted octanol–water partition coefficient (Wildman–Crippen LogP) is 23.2. The first-order valence-electron chi connectivity index (χ1n) is 36.3. The number of ether oxygens (including phenoxy) is 1. The zero-order chi connectivity index (χ0) is 69.5. The van der Waals surface area contributed by atoms with Gasteiger partial charge in [0, 0.05) is 120 Å². The maximum Gasteiger partial charge on any atom is 0.256 e. The summed E-state index contributed by atoms with van der Waals surface area (Å²) in [7, 11) is 0. The molecule has 18 aromatic rings. The van der Waals surface area contributed by atoms with E-state index in [4.69, 9.17) is 4.74 Å². The van der Waals surface area contributed by atoms with E-state index in [9.17, 15) is 0 Å². The van der Waals surface area contributed by atoms with Gasteiger partial charge in [0.2, 0.25) is 0 Å². The highest BCUT2D eigenvalue weighted by Gasteiger charge is 2.49. The van der Waals surface area contributed by atoms with Crippen molar-refractivity contribution in [1.29, 1.82) is 0 Å². The standard InChI is InChI=1S/C96H61B2N5OS2/c1-7-30-62(31-8-1)70-44-27-45-71(63-32-9-2-10-33-63)96(70)103-79-49-24-22-47-75(79)98-77-60-76-82(61-86(77)104-87-59-69(58-85(103)95(87)98)100(66-38-15-5-16-39-66)80-50-28-54-90-92(80)72-42-19-25-52-88(72)105-90)101(67-40-17-6-18-41-67)83-56-68(99(64-34-11-3-12-35-64)65-36-13-4-14-37-65)57-84-94(83)97(76)74-46-21-23-48-78(74)102(84)81-51-29-55-91-93(81)73-43-20-26-53-89(73)106-91/h1-61H. The summed E-state index contributed by atoms with van der Waals surface area (Å²) >= 11 is 3.71. The third-order valence-electron chi connectivity index (χ3n) is 22.0. The summed E-state index contributed by atoms with van der Waals surface area (Å²) in [6.45, 7) is -0.510. The van der Waals surface area contributed by atoms with Crippen LogP contribution in [-0.2, 0) is 0 Å². The van der Waals surface area contributed by atoms with Gasteiger partial charge in [-0.15, -0.1) is 22.7 Å². The molecule has 16 aromatic carbocycles. The first kappa shape index (κ1) is 60.5. The Hall–Kier alpha value is -13.1. The molecule has 6 heterocycles. The summed E-state index contributed by atoms with van der Waals surface area (Å²) in [6.07, 6.45) is 0. The number of anilines is 15. The van der Waals surface area contributed by atoms with Crippen LogP contribution in [0.4, 0.5) is 85.3 Å². The highest BCUT2D eigenvalue weighted by Crippen LogP contribution is 2.55. The van der Waals surface area contributed by atoms with Crippen LogP contribution in [-0.4, -0.2) is 13.4 Å². The second-order valence-electron chi connectivity index (χ2n) is 27.8. The molecule has 0 spiro atoms. The number of fused-ring (bicyclic) bond motifs is 14. The SMILES string of the molecule is c1ccc(-c2cccc(-c3ccccc3)c2N2c3ccccc3B3c4cc5c(cc4Oc4cc(N(c6ccccc6)c6cccc7sc8ccccc8c67)cc2c43)N(c2ccccc2)c2cc(N(c3ccccc3)c3ccccc3)cc3c2B5c2ccccc2N3c2cccc3sc4ccccc4c23)cc1. The molecule has 6 nitrogen and oxygen atoms in total. The minimum atomic E-state index is -0.280. The molecule has 0 amide bonds. The molecule has 0 fully saturated rings. The Labute approximate surface area is 623 Å². The van der Waals surface area contributed by atoms with Crippen LogP contribution < -0.4 is 62.0 Å². The summed E-state index contributed by atoms with van der Waals surface area (Å²) in [4.78, 5) is 12.6. The van der Waals surface area contributed by atoms with E-state index in [0.29, 0.717) is 0 Å². The fraction of sp³-hybridized carbons (Fsp3) is 0. The molecule has 10 heteroatoms. The van der Waals surface area contributed by atoms with Gasteiger partial charge in [-0.05, 0) is 159 Å². The van der Waals surface area contributed by atoms with Crippen LogP contribution in [0.2, 0.25) is 0 Å². The van der Waals surface area contributed by atoms with Crippen LogP contribution in [0.3, 0.4) is 0 Å². The molecule has 2 aromatic heterocycles. The summed E-state index contributed by atoms with van der Waals surface area (Å²) < 4.78 is 13.1. The van der Waals surface area contributed by atoms with Crippen molar-refractivity contribution in [1.82, 2.24) is 0 Å². The summed E-state index contributed by atoms with van der Waals surface area (Å²) in [5.41, 5.74) is 27.7. The van der Waals surface area contributed by atoms with E-state index in [2.05, 4.69) is 395 Å². The minimum absolute atomic E-state index is 0.229. The minimum Gasteiger partial charge on any atom is -0.458 e. The van der Waals surface area contributed by atoms with E-state index in [1.54, 1.807) is 0 Å². The molecule has 0 aliphatic carbocycles. The molecule has 0 radical (unpaired) electrons. The Morgan fingerprint density at radius 3 is 1.32 bits per heavy atom. The topological polar surface area (TPSA) is 25.4 Å². The zero-order valence-electron chi connectivity index (χ0n) is 57.3. The molecule has 106 heavy (non-hydrogen) atoms. The van der Waals surface area contributed by atoms with Crippen LogP contribution in [0, 0.1) is 0 Å². The molecule has 0 N–H and O–H groups in total. The molecule has 494 valence electrons. The lowest BCUT2D eigenvalue weighted by atomic mass is 9.30. The lowest BCUT2D eigenvalue weighted by molar-refractivity contribution is 0.488. The van der Waals surface area contributed by atoms with E-state index in [1.807, 2.05) is 22.7 Å². The number of para-hydroxylation sites is 7. The Balaban J connectivity index is 0.840. The van der Waals surface area contributed by atoms with Crippen LogP contribution in [0.25, 0.3) is 62.6 Å². The first-order valence-corrected chi connectivity index (χ1v) is 37.9. The van der Waals surface area contributed by atoms with Gasteiger partial charge < -0.3 is 29.2 Å². The lowest BCUT2D eigenvalue weighted by Gasteiger charge is -2.46. The van der Waals surface area contributed by atoms with Crippen molar-refractivity contribution >= 4 is 195 Å². The quantitative estimate of drug-likeness (QED) is 0.120. The molecular weight excluding hydrogens is 1320 g/mol. The lowest BCUT2D eigenvalue weighted by Crippen LogP contribution is -2.64. The number of hydrogen-bond donors (Lipinski definition) is 0.